The average molecular weight is 205 g/mol. The monoisotopic (exact) mass is 205 g/mol. The molecule has 0 aromatic heterocycles. The molecular weight excluding hydrogens is 194 g/mol. The molecule has 0 aromatic rings. The zero-order chi connectivity index (χ0) is 9.56. The van der Waals surface area contributed by atoms with E-state index in [1.165, 1.54) is 6.92 Å². The van der Waals surface area contributed by atoms with Crippen molar-refractivity contribution in [3.63, 3.8) is 0 Å². The number of carboxylic acids is 1. The molecule has 0 aromatic carbocycles. The van der Waals surface area contributed by atoms with Crippen molar-refractivity contribution in [2.75, 3.05) is 12.3 Å². The molecule has 0 amide bonds. The molecule has 1 aliphatic heterocycles. The van der Waals surface area contributed by atoms with Crippen molar-refractivity contribution in [1.82, 2.24) is 5.32 Å². The highest BCUT2D eigenvalue weighted by atomic mass is 32.2. The predicted molar refractivity (Wildman–Crippen MR) is 55.5 cm³/mol. The van der Waals surface area contributed by atoms with E-state index in [2.05, 4.69) is 11.9 Å². The summed E-state index contributed by atoms with van der Waals surface area (Å²) in [5.74, 6) is 0.216. The van der Waals surface area contributed by atoms with Gasteiger partial charge in [0.15, 0.2) is 0 Å². The molecule has 5 heteroatoms. The normalized spacial score (nSPS) is 14.2. The van der Waals surface area contributed by atoms with Crippen LogP contribution in [0.5, 0.6) is 0 Å². The van der Waals surface area contributed by atoms with Crippen LogP contribution in [-0.2, 0) is 4.79 Å². The standard InChI is InChI=1S/C4H6O2.C3H5NS2/c1-3(2)4(5)6;5-3-4-1-2-6-3/h1H2,2H3,(H,5,6);1-2H2,(H,4,5). The molecule has 0 saturated carbocycles. The summed E-state index contributed by atoms with van der Waals surface area (Å²) in [6, 6.07) is 0. The van der Waals surface area contributed by atoms with Gasteiger partial charge in [0.05, 0.1) is 0 Å². The molecule has 1 saturated heterocycles. The van der Waals surface area contributed by atoms with Crippen LogP contribution in [0, 0.1) is 0 Å². The number of rotatable bonds is 1. The van der Waals surface area contributed by atoms with Crippen LogP contribution >= 0.6 is 24.0 Å². The molecule has 0 aliphatic carbocycles. The van der Waals surface area contributed by atoms with Crippen molar-refractivity contribution in [2.24, 2.45) is 0 Å². The van der Waals surface area contributed by atoms with Gasteiger partial charge in [-0.25, -0.2) is 4.79 Å². The number of aliphatic carboxylic acids is 1. The molecule has 1 heterocycles. The van der Waals surface area contributed by atoms with Crippen LogP contribution in [0.2, 0.25) is 0 Å². The lowest BCUT2D eigenvalue weighted by atomic mass is 10.4. The Morgan fingerprint density at radius 1 is 1.83 bits per heavy atom. The van der Waals surface area contributed by atoms with E-state index in [1.54, 1.807) is 11.8 Å². The second-order valence-corrected chi connectivity index (χ2v) is 3.92. The lowest BCUT2D eigenvalue weighted by molar-refractivity contribution is -0.132. The summed E-state index contributed by atoms with van der Waals surface area (Å²) in [5, 5.41) is 10.9. The van der Waals surface area contributed by atoms with Crippen LogP contribution in [0.25, 0.3) is 0 Å². The summed E-state index contributed by atoms with van der Waals surface area (Å²) in [6.07, 6.45) is 0. The SMILES string of the molecule is C=C(C)C(=O)O.S=C1NCCS1. The molecule has 0 spiro atoms. The second-order valence-electron chi connectivity index (χ2n) is 2.15. The third-order valence-electron chi connectivity index (χ3n) is 0.970. The third kappa shape index (κ3) is 6.18. The van der Waals surface area contributed by atoms with Gasteiger partial charge in [0.2, 0.25) is 0 Å². The largest absolute Gasteiger partial charge is 0.478 e. The molecular formula is C7H11NO2S2. The molecule has 1 rings (SSSR count). The smallest absolute Gasteiger partial charge is 0.330 e. The van der Waals surface area contributed by atoms with E-state index in [1.807, 2.05) is 0 Å². The minimum absolute atomic E-state index is 0.176. The molecule has 0 unspecified atom stereocenters. The van der Waals surface area contributed by atoms with Crippen LogP contribution in [0.15, 0.2) is 12.2 Å². The minimum atomic E-state index is -0.935. The van der Waals surface area contributed by atoms with Gasteiger partial charge in [-0.2, -0.15) is 0 Å². The summed E-state index contributed by atoms with van der Waals surface area (Å²) in [5.41, 5.74) is 0.176. The first-order chi connectivity index (χ1) is 5.54. The molecule has 0 radical (unpaired) electrons. The number of carboxylic acid groups (broad SMARTS) is 1. The molecule has 1 fully saturated rings. The highest BCUT2D eigenvalue weighted by Gasteiger charge is 2.01. The van der Waals surface area contributed by atoms with Gasteiger partial charge in [0.25, 0.3) is 0 Å². The van der Waals surface area contributed by atoms with E-state index >= 15 is 0 Å². The van der Waals surface area contributed by atoms with E-state index in [9.17, 15) is 4.79 Å². The summed E-state index contributed by atoms with van der Waals surface area (Å²) < 4.78 is 0.954. The number of nitrogens with one attached hydrogen (secondary N) is 1. The van der Waals surface area contributed by atoms with Crippen molar-refractivity contribution >= 4 is 34.3 Å². The van der Waals surface area contributed by atoms with Crippen molar-refractivity contribution in [3.05, 3.63) is 12.2 Å². The van der Waals surface area contributed by atoms with Gasteiger partial charge < -0.3 is 10.4 Å². The van der Waals surface area contributed by atoms with Gasteiger partial charge in [-0.05, 0) is 6.92 Å². The van der Waals surface area contributed by atoms with Crippen molar-refractivity contribution in [1.29, 1.82) is 0 Å². The fourth-order valence-corrected chi connectivity index (χ4v) is 1.29. The zero-order valence-electron chi connectivity index (χ0n) is 6.79. The Hall–Kier alpha value is -0.550. The summed E-state index contributed by atoms with van der Waals surface area (Å²) >= 11 is 6.49. The van der Waals surface area contributed by atoms with Crippen molar-refractivity contribution in [3.8, 4) is 0 Å². The quantitative estimate of drug-likeness (QED) is 0.498. The highest BCUT2D eigenvalue weighted by molar-refractivity contribution is 8.23. The predicted octanol–water partition coefficient (Wildman–Crippen LogP) is 1.25. The van der Waals surface area contributed by atoms with Crippen molar-refractivity contribution in [2.45, 2.75) is 6.92 Å². The Bertz CT molecular complexity index is 184. The minimum Gasteiger partial charge on any atom is -0.478 e. The first-order valence-corrected chi connectivity index (χ1v) is 4.73. The number of carbonyl (C=O) groups is 1. The summed E-state index contributed by atoms with van der Waals surface area (Å²) in [4.78, 5) is 9.60. The van der Waals surface area contributed by atoms with Crippen molar-refractivity contribution < 1.29 is 9.90 Å². The maximum atomic E-state index is 9.60. The van der Waals surface area contributed by atoms with Crippen LogP contribution in [0.3, 0.4) is 0 Å². The summed E-state index contributed by atoms with van der Waals surface area (Å²) in [7, 11) is 0. The Kier molecular flexibility index (Phi) is 5.74. The molecule has 0 atom stereocenters. The highest BCUT2D eigenvalue weighted by Crippen LogP contribution is 2.05. The number of thioether (sulfide) groups is 1. The van der Waals surface area contributed by atoms with E-state index in [0.29, 0.717) is 0 Å². The van der Waals surface area contributed by atoms with Gasteiger partial charge >= 0.3 is 5.97 Å². The Morgan fingerprint density at radius 2 is 2.33 bits per heavy atom. The maximum absolute atomic E-state index is 9.60. The fraction of sp³-hybridized carbons (Fsp3) is 0.429. The van der Waals surface area contributed by atoms with E-state index in [-0.39, 0.29) is 5.57 Å². The number of thiocarbonyl (C=S) groups is 1. The fourth-order valence-electron chi connectivity index (χ4n) is 0.348. The summed E-state index contributed by atoms with van der Waals surface area (Å²) in [6.45, 7) is 5.66. The second kappa shape index (κ2) is 6.02. The van der Waals surface area contributed by atoms with E-state index in [4.69, 9.17) is 17.3 Å². The topological polar surface area (TPSA) is 49.3 Å². The number of hydrogen-bond acceptors (Lipinski definition) is 3. The van der Waals surface area contributed by atoms with Gasteiger partial charge in [-0.15, -0.1) is 0 Å². The van der Waals surface area contributed by atoms with Gasteiger partial charge in [-0.1, -0.05) is 30.6 Å². The maximum Gasteiger partial charge on any atom is 0.330 e. The van der Waals surface area contributed by atoms with Gasteiger partial charge in [-0.3, -0.25) is 0 Å². The average Bonchev–Trinajstić information content (AvgIpc) is 2.40. The van der Waals surface area contributed by atoms with Gasteiger partial charge in [0.1, 0.15) is 4.32 Å². The first-order valence-electron chi connectivity index (χ1n) is 3.33. The van der Waals surface area contributed by atoms with Crippen LogP contribution < -0.4 is 5.32 Å². The third-order valence-corrected chi connectivity index (χ3v) is 2.28. The lowest BCUT2D eigenvalue weighted by Crippen LogP contribution is -2.09. The van der Waals surface area contributed by atoms with E-state index < -0.39 is 5.97 Å². The molecule has 1 aliphatic rings. The Morgan fingerprint density at radius 3 is 2.42 bits per heavy atom. The van der Waals surface area contributed by atoms with Crippen LogP contribution in [0.1, 0.15) is 6.92 Å². The van der Waals surface area contributed by atoms with Gasteiger partial charge in [0, 0.05) is 17.9 Å². The van der Waals surface area contributed by atoms with Crippen LogP contribution in [-0.4, -0.2) is 27.7 Å². The van der Waals surface area contributed by atoms with Crippen LogP contribution in [0.4, 0.5) is 0 Å². The lowest BCUT2D eigenvalue weighted by Gasteiger charge is -1.82. The Balaban J connectivity index is 0.000000202. The number of hydrogen-bond donors (Lipinski definition) is 2. The van der Waals surface area contributed by atoms with E-state index in [0.717, 1.165) is 16.6 Å². The molecule has 0 bridgehead atoms. The zero-order valence-corrected chi connectivity index (χ0v) is 8.43. The molecule has 3 nitrogen and oxygen atoms in total. The molecule has 68 valence electrons. The molecule has 12 heavy (non-hydrogen) atoms. The molecule has 2 N–H and O–H groups in total. The first kappa shape index (κ1) is 11.4. The Labute approximate surface area is 81.2 Å².